The zero-order valence-electron chi connectivity index (χ0n) is 8.54. The van der Waals surface area contributed by atoms with Crippen molar-refractivity contribution in [1.29, 1.82) is 0 Å². The lowest BCUT2D eigenvalue weighted by atomic mass is 10.2. The van der Waals surface area contributed by atoms with Gasteiger partial charge in [-0.3, -0.25) is 4.98 Å². The van der Waals surface area contributed by atoms with Gasteiger partial charge in [0.1, 0.15) is 0 Å². The molecule has 0 unspecified atom stereocenters. The summed E-state index contributed by atoms with van der Waals surface area (Å²) in [6.45, 7) is 2.79. The van der Waals surface area contributed by atoms with Crippen molar-refractivity contribution < 1.29 is 0 Å². The lowest BCUT2D eigenvalue weighted by Crippen LogP contribution is -2.33. The molecule has 1 fully saturated rings. The number of nitrogens with zero attached hydrogens (tertiary/aromatic N) is 2. The zero-order valence-corrected chi connectivity index (χ0v) is 9.30. The van der Waals surface area contributed by atoms with Crippen LogP contribution in [-0.4, -0.2) is 29.1 Å². The predicted molar refractivity (Wildman–Crippen MR) is 59.8 cm³/mol. The molecule has 1 aromatic heterocycles. The third-order valence-corrected chi connectivity index (χ3v) is 2.88. The Hall–Kier alpha value is -0.710. The molecule has 2 heterocycles. The Morgan fingerprint density at radius 1 is 1.47 bits per heavy atom. The summed E-state index contributed by atoms with van der Waals surface area (Å²) >= 11 is 5.89. The van der Waals surface area contributed by atoms with Crippen LogP contribution in [0.15, 0.2) is 12.4 Å². The van der Waals surface area contributed by atoms with E-state index in [4.69, 9.17) is 11.6 Å². The highest BCUT2D eigenvalue weighted by Crippen LogP contribution is 2.08. The number of halogens is 1. The predicted octanol–water partition coefficient (Wildman–Crippen LogP) is 0.972. The molecule has 4 nitrogen and oxygen atoms in total. The second-order valence-electron chi connectivity index (χ2n) is 3.72. The normalized spacial score (nSPS) is 20.7. The number of aromatic nitrogens is 2. The van der Waals surface area contributed by atoms with Crippen LogP contribution in [0.1, 0.15) is 18.5 Å². The van der Waals surface area contributed by atoms with E-state index in [0.717, 1.165) is 18.8 Å². The van der Waals surface area contributed by atoms with Crippen molar-refractivity contribution in [1.82, 2.24) is 20.6 Å². The van der Waals surface area contributed by atoms with E-state index in [0.29, 0.717) is 17.7 Å². The molecule has 2 N–H and O–H groups in total. The molecule has 5 heteroatoms. The molecule has 1 aliphatic heterocycles. The minimum atomic E-state index is 0.490. The Morgan fingerprint density at radius 3 is 3.07 bits per heavy atom. The number of hydrogen-bond donors (Lipinski definition) is 2. The average Bonchev–Trinajstić information content (AvgIpc) is 2.74. The third-order valence-electron chi connectivity index (χ3n) is 2.57. The molecule has 1 saturated heterocycles. The van der Waals surface area contributed by atoms with E-state index in [1.54, 1.807) is 12.4 Å². The fraction of sp³-hybridized carbons (Fsp3) is 0.600. The SMILES string of the molecule is Clc1nccnc1CNC[C@H]1CCCN1. The molecule has 2 rings (SSSR count). The molecule has 0 amide bonds. The van der Waals surface area contributed by atoms with Crippen LogP contribution in [0.4, 0.5) is 0 Å². The molecule has 0 aromatic carbocycles. The van der Waals surface area contributed by atoms with Gasteiger partial charge >= 0.3 is 0 Å². The largest absolute Gasteiger partial charge is 0.313 e. The number of rotatable bonds is 4. The molecule has 0 saturated carbocycles. The summed E-state index contributed by atoms with van der Waals surface area (Å²) in [4.78, 5) is 8.14. The molecule has 1 aromatic rings. The topological polar surface area (TPSA) is 49.8 Å². The second kappa shape index (κ2) is 5.39. The lowest BCUT2D eigenvalue weighted by Gasteiger charge is -2.11. The van der Waals surface area contributed by atoms with E-state index in [1.807, 2.05) is 0 Å². The van der Waals surface area contributed by atoms with E-state index >= 15 is 0 Å². The molecular weight excluding hydrogens is 212 g/mol. The Labute approximate surface area is 94.5 Å². The van der Waals surface area contributed by atoms with Gasteiger partial charge in [0.15, 0.2) is 5.15 Å². The van der Waals surface area contributed by atoms with Crippen molar-refractivity contribution in [2.24, 2.45) is 0 Å². The first-order valence-electron chi connectivity index (χ1n) is 5.26. The Morgan fingerprint density at radius 2 is 2.33 bits per heavy atom. The van der Waals surface area contributed by atoms with E-state index < -0.39 is 0 Å². The smallest absolute Gasteiger partial charge is 0.151 e. The average molecular weight is 227 g/mol. The van der Waals surface area contributed by atoms with Gasteiger partial charge in [-0.1, -0.05) is 11.6 Å². The highest BCUT2D eigenvalue weighted by molar-refractivity contribution is 6.29. The van der Waals surface area contributed by atoms with E-state index in [2.05, 4.69) is 20.6 Å². The Bertz CT molecular complexity index is 312. The van der Waals surface area contributed by atoms with Crippen LogP contribution in [0, 0.1) is 0 Å². The first-order chi connectivity index (χ1) is 7.36. The first-order valence-corrected chi connectivity index (χ1v) is 5.63. The minimum absolute atomic E-state index is 0.490. The quantitative estimate of drug-likeness (QED) is 0.804. The van der Waals surface area contributed by atoms with Crippen LogP contribution in [0.25, 0.3) is 0 Å². The maximum Gasteiger partial charge on any atom is 0.151 e. The van der Waals surface area contributed by atoms with Crippen LogP contribution in [0.2, 0.25) is 5.15 Å². The summed E-state index contributed by atoms with van der Waals surface area (Å²) in [6.07, 6.45) is 5.79. The fourth-order valence-electron chi connectivity index (χ4n) is 1.76. The summed E-state index contributed by atoms with van der Waals surface area (Å²) < 4.78 is 0. The molecule has 1 aliphatic rings. The van der Waals surface area contributed by atoms with Crippen LogP contribution in [0.5, 0.6) is 0 Å². The van der Waals surface area contributed by atoms with Crippen LogP contribution < -0.4 is 10.6 Å². The summed E-state index contributed by atoms with van der Waals surface area (Å²) in [6, 6.07) is 0.598. The van der Waals surface area contributed by atoms with Gasteiger partial charge in [-0.2, -0.15) is 0 Å². The minimum Gasteiger partial charge on any atom is -0.313 e. The van der Waals surface area contributed by atoms with Crippen molar-refractivity contribution >= 4 is 11.6 Å². The van der Waals surface area contributed by atoms with Gasteiger partial charge in [0.05, 0.1) is 5.69 Å². The monoisotopic (exact) mass is 226 g/mol. The lowest BCUT2D eigenvalue weighted by molar-refractivity contribution is 0.532. The molecule has 82 valence electrons. The summed E-state index contributed by atoms with van der Waals surface area (Å²) in [5, 5.41) is 7.25. The molecule has 0 spiro atoms. The summed E-state index contributed by atoms with van der Waals surface area (Å²) in [7, 11) is 0. The van der Waals surface area contributed by atoms with Crippen molar-refractivity contribution in [2.45, 2.75) is 25.4 Å². The first kappa shape index (κ1) is 10.8. The van der Waals surface area contributed by atoms with Crippen LogP contribution >= 0.6 is 11.6 Å². The van der Waals surface area contributed by atoms with Gasteiger partial charge in [0.25, 0.3) is 0 Å². The van der Waals surface area contributed by atoms with Crippen LogP contribution in [-0.2, 0) is 6.54 Å². The van der Waals surface area contributed by atoms with Gasteiger partial charge in [-0.05, 0) is 19.4 Å². The van der Waals surface area contributed by atoms with Gasteiger partial charge in [-0.15, -0.1) is 0 Å². The zero-order chi connectivity index (χ0) is 10.5. The Kier molecular flexibility index (Phi) is 3.88. The summed E-state index contributed by atoms with van der Waals surface area (Å²) in [5.41, 5.74) is 0.817. The number of nitrogens with one attached hydrogen (secondary N) is 2. The third kappa shape index (κ3) is 3.12. The van der Waals surface area contributed by atoms with Gasteiger partial charge in [0, 0.05) is 31.5 Å². The van der Waals surface area contributed by atoms with Gasteiger partial charge in [0.2, 0.25) is 0 Å². The van der Waals surface area contributed by atoms with Crippen molar-refractivity contribution in [2.75, 3.05) is 13.1 Å². The molecule has 0 radical (unpaired) electrons. The van der Waals surface area contributed by atoms with Crippen LogP contribution in [0.3, 0.4) is 0 Å². The van der Waals surface area contributed by atoms with Gasteiger partial charge in [-0.25, -0.2) is 4.98 Å². The highest BCUT2D eigenvalue weighted by Gasteiger charge is 2.13. The van der Waals surface area contributed by atoms with E-state index in [9.17, 15) is 0 Å². The van der Waals surface area contributed by atoms with Crippen molar-refractivity contribution in [3.8, 4) is 0 Å². The maximum absolute atomic E-state index is 5.89. The highest BCUT2D eigenvalue weighted by atomic mass is 35.5. The van der Waals surface area contributed by atoms with Crippen molar-refractivity contribution in [3.05, 3.63) is 23.2 Å². The molecule has 1 atom stereocenters. The van der Waals surface area contributed by atoms with Crippen molar-refractivity contribution in [3.63, 3.8) is 0 Å². The Balaban J connectivity index is 1.75. The van der Waals surface area contributed by atoms with Gasteiger partial charge < -0.3 is 10.6 Å². The van der Waals surface area contributed by atoms with E-state index in [1.165, 1.54) is 12.8 Å². The molecule has 0 bridgehead atoms. The fourth-order valence-corrected chi connectivity index (χ4v) is 1.94. The molecular formula is C10H15ClN4. The number of hydrogen-bond acceptors (Lipinski definition) is 4. The summed E-state index contributed by atoms with van der Waals surface area (Å²) in [5.74, 6) is 0. The van der Waals surface area contributed by atoms with E-state index in [-0.39, 0.29) is 0 Å². The maximum atomic E-state index is 5.89. The second-order valence-corrected chi connectivity index (χ2v) is 4.08. The molecule has 15 heavy (non-hydrogen) atoms. The molecule has 0 aliphatic carbocycles. The standard InChI is InChI=1S/C10H15ClN4/c11-10-9(14-4-5-15-10)7-12-6-8-2-1-3-13-8/h4-5,8,12-13H,1-3,6-7H2/t8-/m1/s1.